The van der Waals surface area contributed by atoms with Gasteiger partial charge in [0.05, 0.1) is 0 Å². The lowest BCUT2D eigenvalue weighted by Gasteiger charge is -2.19. The molecule has 1 saturated heterocycles. The zero-order valence-corrected chi connectivity index (χ0v) is 12.9. The Hall–Kier alpha value is -1.30. The predicted molar refractivity (Wildman–Crippen MR) is 80.0 cm³/mol. The van der Waals surface area contributed by atoms with Crippen molar-refractivity contribution in [3.63, 3.8) is 0 Å². The summed E-state index contributed by atoms with van der Waals surface area (Å²) < 4.78 is 0. The van der Waals surface area contributed by atoms with E-state index in [1.165, 1.54) is 0 Å². The molecule has 0 spiro atoms. The number of carboxylic acids is 1. The van der Waals surface area contributed by atoms with Crippen LogP contribution in [0.2, 0.25) is 0 Å². The minimum atomic E-state index is -0.760. The molecule has 0 aromatic heterocycles. The molecule has 0 aliphatic carbocycles. The molecule has 2 atom stereocenters. The molecule has 1 aliphatic rings. The fraction of sp³-hybridized carbons (Fsp3) is 0.867. The molecule has 0 aromatic rings. The van der Waals surface area contributed by atoms with Gasteiger partial charge in [0.15, 0.2) is 0 Å². The molecule has 2 unspecified atom stereocenters. The normalized spacial score (nSPS) is 19.5. The highest BCUT2D eigenvalue weighted by Crippen LogP contribution is 2.19. The predicted octanol–water partition coefficient (Wildman–Crippen LogP) is 1.68. The van der Waals surface area contributed by atoms with Crippen molar-refractivity contribution < 1.29 is 19.8 Å². The maximum atomic E-state index is 12.0. The fourth-order valence-electron chi connectivity index (χ4n) is 2.81. The van der Waals surface area contributed by atoms with Crippen molar-refractivity contribution in [2.75, 3.05) is 26.2 Å². The van der Waals surface area contributed by atoms with E-state index in [1.54, 1.807) is 4.90 Å². The van der Waals surface area contributed by atoms with Crippen molar-refractivity contribution in [2.45, 2.75) is 45.4 Å². The van der Waals surface area contributed by atoms with Gasteiger partial charge in [-0.3, -0.25) is 4.79 Å². The standard InChI is InChI=1S/C15H28N2O4/c1-2-12(3-4-14(19)20)5-8-16-15(21)17-9-6-13(11-17)7-10-18/h12-13,18H,2-11H2,1H3,(H,16,21)(H,19,20). The Kier molecular flexibility index (Phi) is 8.12. The number of hydrogen-bond donors (Lipinski definition) is 3. The molecule has 3 N–H and O–H groups in total. The lowest BCUT2D eigenvalue weighted by atomic mass is 9.97. The molecule has 1 rings (SSSR count). The molecule has 0 saturated carbocycles. The number of aliphatic hydroxyl groups excluding tert-OH is 1. The van der Waals surface area contributed by atoms with E-state index in [4.69, 9.17) is 10.2 Å². The second kappa shape index (κ2) is 9.60. The van der Waals surface area contributed by atoms with E-state index >= 15 is 0 Å². The smallest absolute Gasteiger partial charge is 0.317 e. The molecule has 2 amide bonds. The van der Waals surface area contributed by atoms with Gasteiger partial charge in [0, 0.05) is 32.7 Å². The molecular weight excluding hydrogens is 272 g/mol. The number of aliphatic hydroxyl groups is 1. The summed E-state index contributed by atoms with van der Waals surface area (Å²) >= 11 is 0. The number of carbonyl (C=O) groups is 2. The summed E-state index contributed by atoms with van der Waals surface area (Å²) in [6.45, 7) is 4.31. The van der Waals surface area contributed by atoms with Gasteiger partial charge >= 0.3 is 12.0 Å². The van der Waals surface area contributed by atoms with Crippen LogP contribution in [0.4, 0.5) is 4.79 Å². The van der Waals surface area contributed by atoms with Gasteiger partial charge in [-0.25, -0.2) is 4.79 Å². The number of nitrogens with one attached hydrogen (secondary N) is 1. The summed E-state index contributed by atoms with van der Waals surface area (Å²) in [5, 5.41) is 20.5. The Labute approximate surface area is 126 Å². The van der Waals surface area contributed by atoms with Crippen LogP contribution in [0.5, 0.6) is 0 Å². The molecule has 6 heteroatoms. The average molecular weight is 300 g/mol. The third-order valence-electron chi connectivity index (χ3n) is 4.28. The Morgan fingerprint density at radius 1 is 1.38 bits per heavy atom. The lowest BCUT2D eigenvalue weighted by Crippen LogP contribution is -2.39. The van der Waals surface area contributed by atoms with Gasteiger partial charge in [0.1, 0.15) is 0 Å². The third-order valence-corrected chi connectivity index (χ3v) is 4.28. The van der Waals surface area contributed by atoms with Crippen LogP contribution in [0, 0.1) is 11.8 Å². The Morgan fingerprint density at radius 2 is 2.14 bits per heavy atom. The van der Waals surface area contributed by atoms with Crippen LogP contribution >= 0.6 is 0 Å². The largest absolute Gasteiger partial charge is 0.481 e. The Morgan fingerprint density at radius 3 is 2.76 bits per heavy atom. The third kappa shape index (κ3) is 6.80. The van der Waals surface area contributed by atoms with Gasteiger partial charge < -0.3 is 20.4 Å². The number of likely N-dealkylation sites (tertiary alicyclic amines) is 1. The van der Waals surface area contributed by atoms with Gasteiger partial charge in [-0.2, -0.15) is 0 Å². The van der Waals surface area contributed by atoms with Gasteiger partial charge in [0.2, 0.25) is 0 Å². The topological polar surface area (TPSA) is 89.9 Å². The second-order valence-corrected chi connectivity index (χ2v) is 5.84. The molecule has 1 heterocycles. The molecule has 122 valence electrons. The lowest BCUT2D eigenvalue weighted by molar-refractivity contribution is -0.137. The maximum Gasteiger partial charge on any atom is 0.317 e. The van der Waals surface area contributed by atoms with Crippen LogP contribution in [0.3, 0.4) is 0 Å². The van der Waals surface area contributed by atoms with Crippen molar-refractivity contribution >= 4 is 12.0 Å². The summed E-state index contributed by atoms with van der Waals surface area (Å²) in [7, 11) is 0. The number of nitrogens with zero attached hydrogens (tertiary/aromatic N) is 1. The van der Waals surface area contributed by atoms with Crippen LogP contribution in [-0.2, 0) is 4.79 Å². The minimum absolute atomic E-state index is 0.0384. The van der Waals surface area contributed by atoms with E-state index in [9.17, 15) is 9.59 Å². The monoisotopic (exact) mass is 300 g/mol. The second-order valence-electron chi connectivity index (χ2n) is 5.84. The highest BCUT2D eigenvalue weighted by Gasteiger charge is 2.25. The van der Waals surface area contributed by atoms with E-state index in [1.807, 2.05) is 6.92 Å². The molecule has 6 nitrogen and oxygen atoms in total. The molecule has 21 heavy (non-hydrogen) atoms. The highest BCUT2D eigenvalue weighted by atomic mass is 16.4. The number of carbonyl (C=O) groups excluding carboxylic acids is 1. The Balaban J connectivity index is 2.19. The zero-order chi connectivity index (χ0) is 15.7. The fourth-order valence-corrected chi connectivity index (χ4v) is 2.81. The van der Waals surface area contributed by atoms with Crippen molar-refractivity contribution in [3.8, 4) is 0 Å². The molecule has 1 aliphatic heterocycles. The number of carboxylic acid groups (broad SMARTS) is 1. The van der Waals surface area contributed by atoms with E-state index in [-0.39, 0.29) is 19.1 Å². The first-order valence-corrected chi connectivity index (χ1v) is 7.92. The molecule has 1 fully saturated rings. The van der Waals surface area contributed by atoms with Crippen molar-refractivity contribution in [1.82, 2.24) is 10.2 Å². The number of rotatable bonds is 9. The molecule has 0 bridgehead atoms. The van der Waals surface area contributed by atoms with E-state index in [0.717, 1.165) is 38.8 Å². The summed E-state index contributed by atoms with van der Waals surface area (Å²) in [4.78, 5) is 24.4. The zero-order valence-electron chi connectivity index (χ0n) is 12.9. The van der Waals surface area contributed by atoms with Crippen LogP contribution in [-0.4, -0.2) is 53.4 Å². The number of urea groups is 1. The minimum Gasteiger partial charge on any atom is -0.481 e. The average Bonchev–Trinajstić information content (AvgIpc) is 2.91. The Bertz CT molecular complexity index is 336. The molecular formula is C15H28N2O4. The molecule has 0 aromatic carbocycles. The first-order chi connectivity index (χ1) is 10.1. The van der Waals surface area contributed by atoms with Crippen molar-refractivity contribution in [2.24, 2.45) is 11.8 Å². The maximum absolute atomic E-state index is 12.0. The van der Waals surface area contributed by atoms with Gasteiger partial charge in [-0.1, -0.05) is 13.3 Å². The quantitative estimate of drug-likeness (QED) is 0.604. The van der Waals surface area contributed by atoms with Gasteiger partial charge in [-0.15, -0.1) is 0 Å². The summed E-state index contributed by atoms with van der Waals surface area (Å²) in [5.74, 6) is 0.00583. The highest BCUT2D eigenvalue weighted by molar-refractivity contribution is 5.74. The first-order valence-electron chi connectivity index (χ1n) is 7.92. The SMILES string of the molecule is CCC(CCNC(=O)N1CCC(CCO)C1)CCC(=O)O. The van der Waals surface area contributed by atoms with Crippen LogP contribution in [0.1, 0.15) is 45.4 Å². The summed E-state index contributed by atoms with van der Waals surface area (Å²) in [5.41, 5.74) is 0. The summed E-state index contributed by atoms with van der Waals surface area (Å²) in [6.07, 6.45) is 4.35. The van der Waals surface area contributed by atoms with Crippen molar-refractivity contribution in [1.29, 1.82) is 0 Å². The van der Waals surface area contributed by atoms with Gasteiger partial charge in [0.25, 0.3) is 0 Å². The van der Waals surface area contributed by atoms with E-state index < -0.39 is 5.97 Å². The van der Waals surface area contributed by atoms with Crippen LogP contribution in [0.25, 0.3) is 0 Å². The van der Waals surface area contributed by atoms with E-state index in [2.05, 4.69) is 5.32 Å². The number of amides is 2. The first kappa shape index (κ1) is 17.8. The molecule has 0 radical (unpaired) electrons. The van der Waals surface area contributed by atoms with Crippen molar-refractivity contribution in [3.05, 3.63) is 0 Å². The summed E-state index contributed by atoms with van der Waals surface area (Å²) in [6, 6.07) is -0.0384. The van der Waals surface area contributed by atoms with Gasteiger partial charge in [-0.05, 0) is 37.5 Å². The van der Waals surface area contributed by atoms with Crippen LogP contribution in [0.15, 0.2) is 0 Å². The van der Waals surface area contributed by atoms with E-state index in [0.29, 0.717) is 24.8 Å². The number of aliphatic carboxylic acids is 1. The van der Waals surface area contributed by atoms with Crippen LogP contribution < -0.4 is 5.32 Å². The number of hydrogen-bond acceptors (Lipinski definition) is 3.